The third kappa shape index (κ3) is 2.40. The first-order valence-corrected chi connectivity index (χ1v) is 6.57. The number of amides is 1. The second kappa shape index (κ2) is 4.36. The molecule has 1 saturated carbocycles. The van der Waals surface area contributed by atoms with Gasteiger partial charge in [0.15, 0.2) is 0 Å². The van der Waals surface area contributed by atoms with Gasteiger partial charge in [0, 0.05) is 25.0 Å². The first-order chi connectivity index (χ1) is 7.54. The summed E-state index contributed by atoms with van der Waals surface area (Å²) in [4.78, 5) is 14.2. The van der Waals surface area contributed by atoms with Gasteiger partial charge in [-0.2, -0.15) is 0 Å². The topological polar surface area (TPSA) is 32.3 Å². The van der Waals surface area contributed by atoms with Gasteiger partial charge in [-0.25, -0.2) is 0 Å². The second-order valence-corrected chi connectivity index (χ2v) is 5.90. The van der Waals surface area contributed by atoms with E-state index in [1.165, 1.54) is 0 Å². The summed E-state index contributed by atoms with van der Waals surface area (Å²) in [6.07, 6.45) is 3.32. The van der Waals surface area contributed by atoms with Crippen LogP contribution in [0, 0.1) is 11.3 Å². The molecule has 1 saturated heterocycles. The van der Waals surface area contributed by atoms with Crippen molar-refractivity contribution in [3.05, 3.63) is 0 Å². The summed E-state index contributed by atoms with van der Waals surface area (Å²) in [5.41, 5.74) is 0.273. The molecule has 2 fully saturated rings. The van der Waals surface area contributed by atoms with Gasteiger partial charge < -0.3 is 10.2 Å². The van der Waals surface area contributed by atoms with Crippen LogP contribution in [0.5, 0.6) is 0 Å². The number of hydrogen-bond donors (Lipinski definition) is 1. The normalized spacial score (nSPS) is 29.2. The SMILES string of the molecule is CCNC1CCN(C(=O)C2CC2(C)C)CC1. The highest BCUT2D eigenvalue weighted by atomic mass is 16.2. The van der Waals surface area contributed by atoms with E-state index < -0.39 is 0 Å². The summed E-state index contributed by atoms with van der Waals surface area (Å²) in [5.74, 6) is 0.711. The third-order valence-electron chi connectivity index (χ3n) is 4.11. The summed E-state index contributed by atoms with van der Waals surface area (Å²) < 4.78 is 0. The number of piperidine rings is 1. The molecule has 92 valence electrons. The van der Waals surface area contributed by atoms with Gasteiger partial charge >= 0.3 is 0 Å². The van der Waals surface area contributed by atoms with Crippen molar-refractivity contribution in [2.45, 2.75) is 46.1 Å². The quantitative estimate of drug-likeness (QED) is 0.790. The Hall–Kier alpha value is -0.570. The molecular weight excluding hydrogens is 200 g/mol. The van der Waals surface area contributed by atoms with Crippen molar-refractivity contribution in [2.75, 3.05) is 19.6 Å². The van der Waals surface area contributed by atoms with Gasteiger partial charge in [0.2, 0.25) is 5.91 Å². The Morgan fingerprint density at radius 1 is 1.38 bits per heavy atom. The van der Waals surface area contributed by atoms with Crippen LogP contribution >= 0.6 is 0 Å². The van der Waals surface area contributed by atoms with Gasteiger partial charge in [0.25, 0.3) is 0 Å². The molecule has 3 heteroatoms. The van der Waals surface area contributed by atoms with E-state index in [9.17, 15) is 4.79 Å². The highest BCUT2D eigenvalue weighted by molar-refractivity contribution is 5.82. The van der Waals surface area contributed by atoms with Crippen molar-refractivity contribution < 1.29 is 4.79 Å². The zero-order chi connectivity index (χ0) is 11.8. The van der Waals surface area contributed by atoms with Crippen LogP contribution in [0.2, 0.25) is 0 Å². The van der Waals surface area contributed by atoms with E-state index in [-0.39, 0.29) is 5.41 Å². The monoisotopic (exact) mass is 224 g/mol. The van der Waals surface area contributed by atoms with Crippen LogP contribution in [-0.4, -0.2) is 36.5 Å². The van der Waals surface area contributed by atoms with E-state index in [0.29, 0.717) is 17.9 Å². The average molecular weight is 224 g/mol. The number of hydrogen-bond acceptors (Lipinski definition) is 2. The van der Waals surface area contributed by atoms with E-state index in [4.69, 9.17) is 0 Å². The minimum atomic E-state index is 0.273. The molecular formula is C13H24N2O. The lowest BCUT2D eigenvalue weighted by molar-refractivity contribution is -0.134. The van der Waals surface area contributed by atoms with E-state index in [1.807, 2.05) is 0 Å². The summed E-state index contributed by atoms with van der Waals surface area (Å²) in [5, 5.41) is 3.47. The largest absolute Gasteiger partial charge is 0.342 e. The lowest BCUT2D eigenvalue weighted by Crippen LogP contribution is -2.45. The van der Waals surface area contributed by atoms with Gasteiger partial charge in [-0.15, -0.1) is 0 Å². The van der Waals surface area contributed by atoms with E-state index >= 15 is 0 Å². The van der Waals surface area contributed by atoms with Gasteiger partial charge in [-0.3, -0.25) is 4.79 Å². The van der Waals surface area contributed by atoms with Crippen LogP contribution in [-0.2, 0) is 4.79 Å². The van der Waals surface area contributed by atoms with E-state index in [2.05, 4.69) is 31.0 Å². The van der Waals surface area contributed by atoms with Crippen molar-refractivity contribution in [1.29, 1.82) is 0 Å². The van der Waals surface area contributed by atoms with Crippen LogP contribution in [0.15, 0.2) is 0 Å². The Morgan fingerprint density at radius 3 is 2.38 bits per heavy atom. The molecule has 1 unspecified atom stereocenters. The number of carbonyl (C=O) groups excluding carboxylic acids is 1. The summed E-state index contributed by atoms with van der Waals surface area (Å²) >= 11 is 0. The Morgan fingerprint density at radius 2 is 1.94 bits per heavy atom. The molecule has 1 amide bonds. The molecule has 1 N–H and O–H groups in total. The van der Waals surface area contributed by atoms with Gasteiger partial charge in [0.05, 0.1) is 0 Å². The summed E-state index contributed by atoms with van der Waals surface area (Å²) in [7, 11) is 0. The fraction of sp³-hybridized carbons (Fsp3) is 0.923. The molecule has 16 heavy (non-hydrogen) atoms. The maximum absolute atomic E-state index is 12.1. The number of nitrogens with one attached hydrogen (secondary N) is 1. The lowest BCUT2D eigenvalue weighted by atomic mass is 10.0. The maximum Gasteiger partial charge on any atom is 0.226 e. The molecule has 1 atom stereocenters. The molecule has 0 aromatic rings. The van der Waals surface area contributed by atoms with Crippen molar-refractivity contribution in [1.82, 2.24) is 10.2 Å². The number of rotatable bonds is 3. The van der Waals surface area contributed by atoms with Crippen LogP contribution in [0.3, 0.4) is 0 Å². The smallest absolute Gasteiger partial charge is 0.226 e. The standard InChI is InChI=1S/C13H24N2O/c1-4-14-10-5-7-15(8-6-10)12(16)11-9-13(11,2)3/h10-11,14H,4-9H2,1-3H3. The maximum atomic E-state index is 12.1. The Bertz CT molecular complexity index is 267. The molecule has 0 aromatic carbocycles. The van der Waals surface area contributed by atoms with Crippen molar-refractivity contribution in [2.24, 2.45) is 11.3 Å². The zero-order valence-electron chi connectivity index (χ0n) is 10.8. The van der Waals surface area contributed by atoms with Gasteiger partial charge in [-0.05, 0) is 31.2 Å². The minimum absolute atomic E-state index is 0.273. The highest BCUT2D eigenvalue weighted by Crippen LogP contribution is 2.52. The first kappa shape index (κ1) is 11.9. The minimum Gasteiger partial charge on any atom is -0.342 e. The predicted molar refractivity (Wildman–Crippen MR) is 65.2 cm³/mol. The van der Waals surface area contributed by atoms with E-state index in [0.717, 1.165) is 38.9 Å². The Labute approximate surface area is 98.6 Å². The average Bonchev–Trinajstić information content (AvgIpc) is 2.88. The number of likely N-dealkylation sites (tertiary alicyclic amines) is 1. The number of nitrogens with zero attached hydrogens (tertiary/aromatic N) is 1. The third-order valence-corrected chi connectivity index (χ3v) is 4.11. The molecule has 0 radical (unpaired) electrons. The van der Waals surface area contributed by atoms with Crippen LogP contribution < -0.4 is 5.32 Å². The highest BCUT2D eigenvalue weighted by Gasteiger charge is 2.52. The summed E-state index contributed by atoms with van der Waals surface area (Å²) in [6.45, 7) is 9.46. The molecule has 2 rings (SSSR count). The molecule has 0 bridgehead atoms. The number of carbonyl (C=O) groups is 1. The van der Waals surface area contributed by atoms with Crippen LogP contribution in [0.1, 0.15) is 40.0 Å². The van der Waals surface area contributed by atoms with Crippen molar-refractivity contribution >= 4 is 5.91 Å². The Kier molecular flexibility index (Phi) is 3.24. The van der Waals surface area contributed by atoms with Crippen molar-refractivity contribution in [3.8, 4) is 0 Å². The fourth-order valence-electron chi connectivity index (χ4n) is 2.70. The van der Waals surface area contributed by atoms with E-state index in [1.54, 1.807) is 0 Å². The zero-order valence-corrected chi connectivity index (χ0v) is 10.8. The van der Waals surface area contributed by atoms with Crippen LogP contribution in [0.4, 0.5) is 0 Å². The Balaban J connectivity index is 1.79. The lowest BCUT2D eigenvalue weighted by Gasteiger charge is -2.32. The molecule has 1 aliphatic heterocycles. The fourth-order valence-corrected chi connectivity index (χ4v) is 2.70. The summed E-state index contributed by atoms with van der Waals surface area (Å²) in [6, 6.07) is 0.626. The molecule has 2 aliphatic rings. The first-order valence-electron chi connectivity index (χ1n) is 6.57. The molecule has 3 nitrogen and oxygen atoms in total. The molecule has 1 heterocycles. The molecule has 1 aliphatic carbocycles. The molecule has 0 spiro atoms. The molecule has 0 aromatic heterocycles. The predicted octanol–water partition coefficient (Wildman–Crippen LogP) is 1.63. The van der Waals surface area contributed by atoms with Gasteiger partial charge in [0.1, 0.15) is 0 Å². The van der Waals surface area contributed by atoms with Crippen molar-refractivity contribution in [3.63, 3.8) is 0 Å². The second-order valence-electron chi connectivity index (χ2n) is 5.90. The van der Waals surface area contributed by atoms with Crippen LogP contribution in [0.25, 0.3) is 0 Å². The van der Waals surface area contributed by atoms with Gasteiger partial charge in [-0.1, -0.05) is 20.8 Å².